The van der Waals surface area contributed by atoms with Crippen molar-refractivity contribution in [3.63, 3.8) is 0 Å². The van der Waals surface area contributed by atoms with Crippen LogP contribution in [0.3, 0.4) is 0 Å². The highest BCUT2D eigenvalue weighted by Gasteiger charge is 2.30. The first-order valence-electron chi connectivity index (χ1n) is 4.36. The molecule has 0 saturated carbocycles. The van der Waals surface area contributed by atoms with Crippen molar-refractivity contribution in [1.82, 2.24) is 0 Å². The largest absolute Gasteiger partial charge is 0.464 e. The van der Waals surface area contributed by atoms with Crippen LogP contribution in [0.15, 0.2) is 28.9 Å². The summed E-state index contributed by atoms with van der Waals surface area (Å²) in [6, 6.07) is 5.10. The zero-order chi connectivity index (χ0) is 11.1. The van der Waals surface area contributed by atoms with Gasteiger partial charge in [-0.3, -0.25) is 0 Å². The summed E-state index contributed by atoms with van der Waals surface area (Å²) in [4.78, 5) is 0. The Labute approximate surface area is 84.5 Å². The van der Waals surface area contributed by atoms with E-state index < -0.39 is 6.18 Å². The predicted octanol–water partition coefficient (Wildman–Crippen LogP) is 3.86. The van der Waals surface area contributed by atoms with Gasteiger partial charge in [0.05, 0.1) is 12.7 Å². The molecule has 0 amide bonds. The van der Waals surface area contributed by atoms with E-state index in [4.69, 9.17) is 4.42 Å². The third-order valence-corrected chi connectivity index (χ3v) is 2.08. The molecule has 1 radical (unpaired) electrons. The Balaban J connectivity index is 2.45. The van der Waals surface area contributed by atoms with E-state index in [-0.39, 0.29) is 12.0 Å². The van der Waals surface area contributed by atoms with Crippen LogP contribution in [-0.2, 0) is 0 Å². The van der Waals surface area contributed by atoms with Crippen molar-refractivity contribution in [3.05, 3.63) is 42.0 Å². The van der Waals surface area contributed by atoms with Crippen LogP contribution in [0.2, 0.25) is 0 Å². The zero-order valence-electron chi connectivity index (χ0n) is 7.93. The molecule has 0 bridgehead atoms. The van der Waals surface area contributed by atoms with E-state index in [9.17, 15) is 13.2 Å². The Morgan fingerprint density at radius 2 is 2.00 bits per heavy atom. The molecule has 2 rings (SSSR count). The summed E-state index contributed by atoms with van der Waals surface area (Å²) < 4.78 is 41.4. The Bertz CT molecular complexity index is 482. The first-order valence-corrected chi connectivity index (χ1v) is 4.36. The van der Waals surface area contributed by atoms with Crippen molar-refractivity contribution in [1.29, 1.82) is 0 Å². The number of benzene rings is 1. The van der Waals surface area contributed by atoms with Crippen molar-refractivity contribution in [2.24, 2.45) is 0 Å². The molecule has 0 N–H and O–H groups in total. The third kappa shape index (κ3) is 2.14. The lowest BCUT2D eigenvalue weighted by atomic mass is 10.1. The molecule has 79 valence electrons. The maximum atomic E-state index is 12.1. The van der Waals surface area contributed by atoms with Gasteiger partial charge in [-0.1, -0.05) is 12.1 Å². The second-order valence-corrected chi connectivity index (χ2v) is 3.38. The molecule has 2 aromatic rings. The molecule has 0 fully saturated rings. The van der Waals surface area contributed by atoms with Crippen LogP contribution in [-0.4, -0.2) is 6.18 Å². The molecule has 4 heteroatoms. The van der Waals surface area contributed by atoms with Crippen LogP contribution in [0.5, 0.6) is 0 Å². The molecule has 0 atom stereocenters. The summed E-state index contributed by atoms with van der Waals surface area (Å²) in [7, 11) is 0. The van der Waals surface area contributed by atoms with Gasteiger partial charge in [-0.05, 0) is 18.6 Å². The Kier molecular flexibility index (Phi) is 2.21. The minimum atomic E-state index is -4.32. The van der Waals surface area contributed by atoms with Gasteiger partial charge in [0.1, 0.15) is 5.58 Å². The van der Waals surface area contributed by atoms with Crippen molar-refractivity contribution in [2.75, 3.05) is 0 Å². The lowest BCUT2D eigenvalue weighted by Crippen LogP contribution is -2.08. The molecule has 1 aromatic heterocycles. The standard InChI is InChI=1S/C11H8F3O/c1-7-2-3-9-8(5-11(12,13)14)6-15-10(9)4-7/h2-6H,1H3. The molecule has 0 aliphatic rings. The molecular formula is C11H8F3O. The van der Waals surface area contributed by atoms with Crippen LogP contribution < -0.4 is 0 Å². The SMILES string of the molecule is Cc1ccc2c([CH]C(F)(F)F)coc2c1. The summed E-state index contributed by atoms with van der Waals surface area (Å²) in [6.45, 7) is 1.86. The smallest absolute Gasteiger partial charge is 0.396 e. The second kappa shape index (κ2) is 3.29. The van der Waals surface area contributed by atoms with E-state index in [1.54, 1.807) is 18.2 Å². The molecule has 0 unspecified atom stereocenters. The van der Waals surface area contributed by atoms with Gasteiger partial charge in [0.25, 0.3) is 0 Å². The van der Waals surface area contributed by atoms with Gasteiger partial charge in [0.2, 0.25) is 0 Å². The monoisotopic (exact) mass is 213 g/mol. The Morgan fingerprint density at radius 3 is 2.67 bits per heavy atom. The van der Waals surface area contributed by atoms with Gasteiger partial charge in [0, 0.05) is 10.9 Å². The normalized spacial score (nSPS) is 12.3. The molecule has 0 aliphatic heterocycles. The van der Waals surface area contributed by atoms with E-state index in [0.29, 0.717) is 11.0 Å². The number of halogens is 3. The Hall–Kier alpha value is -1.45. The van der Waals surface area contributed by atoms with Gasteiger partial charge < -0.3 is 4.42 Å². The maximum Gasteiger partial charge on any atom is 0.396 e. The fraction of sp³-hybridized carbons (Fsp3) is 0.182. The average molecular weight is 213 g/mol. The van der Waals surface area contributed by atoms with Crippen LogP contribution in [0.25, 0.3) is 11.0 Å². The lowest BCUT2D eigenvalue weighted by molar-refractivity contribution is -0.0927. The van der Waals surface area contributed by atoms with Crippen molar-refractivity contribution in [2.45, 2.75) is 13.1 Å². The minimum Gasteiger partial charge on any atom is -0.464 e. The van der Waals surface area contributed by atoms with Crippen LogP contribution in [0, 0.1) is 13.3 Å². The van der Waals surface area contributed by atoms with Crippen LogP contribution in [0.1, 0.15) is 11.1 Å². The van der Waals surface area contributed by atoms with Crippen LogP contribution in [0.4, 0.5) is 13.2 Å². The van der Waals surface area contributed by atoms with Gasteiger partial charge in [-0.15, -0.1) is 0 Å². The number of aryl methyl sites for hydroxylation is 1. The highest BCUT2D eigenvalue weighted by atomic mass is 19.4. The van der Waals surface area contributed by atoms with E-state index >= 15 is 0 Å². The first kappa shape index (κ1) is 10.1. The average Bonchev–Trinajstić information content (AvgIpc) is 2.45. The highest BCUT2D eigenvalue weighted by molar-refractivity contribution is 5.83. The van der Waals surface area contributed by atoms with E-state index in [1.165, 1.54) is 0 Å². The summed E-state index contributed by atoms with van der Waals surface area (Å²) in [5.74, 6) is 0. The van der Waals surface area contributed by atoms with Crippen molar-refractivity contribution < 1.29 is 17.6 Å². The third-order valence-electron chi connectivity index (χ3n) is 2.08. The highest BCUT2D eigenvalue weighted by Crippen LogP contribution is 2.30. The van der Waals surface area contributed by atoms with Crippen LogP contribution >= 0.6 is 0 Å². The number of alkyl halides is 3. The molecule has 15 heavy (non-hydrogen) atoms. The summed E-state index contributed by atoms with van der Waals surface area (Å²) in [5, 5.41) is 0.484. The second-order valence-electron chi connectivity index (χ2n) is 3.38. The molecule has 0 saturated heterocycles. The van der Waals surface area contributed by atoms with Crippen molar-refractivity contribution in [3.8, 4) is 0 Å². The maximum absolute atomic E-state index is 12.1. The molecule has 0 aliphatic carbocycles. The lowest BCUT2D eigenvalue weighted by Gasteiger charge is -2.02. The fourth-order valence-corrected chi connectivity index (χ4v) is 1.44. The van der Waals surface area contributed by atoms with E-state index in [1.807, 2.05) is 6.92 Å². The van der Waals surface area contributed by atoms with E-state index in [2.05, 4.69) is 0 Å². The van der Waals surface area contributed by atoms with E-state index in [0.717, 1.165) is 11.8 Å². The van der Waals surface area contributed by atoms with Gasteiger partial charge in [-0.25, -0.2) is 0 Å². The predicted molar refractivity (Wildman–Crippen MR) is 50.4 cm³/mol. The number of furan rings is 1. The number of hydrogen-bond donors (Lipinski definition) is 0. The topological polar surface area (TPSA) is 13.1 Å². The zero-order valence-corrected chi connectivity index (χ0v) is 7.93. The molecular weight excluding hydrogens is 205 g/mol. The fourth-order valence-electron chi connectivity index (χ4n) is 1.44. The quantitative estimate of drug-likeness (QED) is 0.701. The molecule has 0 spiro atoms. The summed E-state index contributed by atoms with van der Waals surface area (Å²) in [5.41, 5.74) is 1.50. The molecule has 1 heterocycles. The molecule has 1 aromatic carbocycles. The summed E-state index contributed by atoms with van der Waals surface area (Å²) >= 11 is 0. The Morgan fingerprint density at radius 1 is 1.27 bits per heavy atom. The van der Waals surface area contributed by atoms with Gasteiger partial charge in [-0.2, -0.15) is 13.2 Å². The number of fused-ring (bicyclic) bond motifs is 1. The summed E-state index contributed by atoms with van der Waals surface area (Å²) in [6.07, 6.45) is -2.95. The van der Waals surface area contributed by atoms with Crippen molar-refractivity contribution >= 4 is 11.0 Å². The number of hydrogen-bond acceptors (Lipinski definition) is 1. The molecule has 1 nitrogen and oxygen atoms in total. The first-order chi connectivity index (χ1) is 6.96. The van der Waals surface area contributed by atoms with Gasteiger partial charge in [0.15, 0.2) is 0 Å². The van der Waals surface area contributed by atoms with Gasteiger partial charge >= 0.3 is 6.18 Å². The number of rotatable bonds is 1. The minimum absolute atomic E-state index is 0.0671.